The van der Waals surface area contributed by atoms with Gasteiger partial charge >= 0.3 is 0 Å². The molecule has 0 spiro atoms. The van der Waals surface area contributed by atoms with E-state index in [1.54, 1.807) is 6.92 Å². The molecule has 0 saturated heterocycles. The van der Waals surface area contributed by atoms with Gasteiger partial charge in [0, 0.05) is 0 Å². The molecule has 0 aliphatic rings. The van der Waals surface area contributed by atoms with Crippen molar-refractivity contribution in [2.24, 2.45) is 5.73 Å². The highest BCUT2D eigenvalue weighted by molar-refractivity contribution is 5.00. The van der Waals surface area contributed by atoms with Crippen molar-refractivity contribution in [3.05, 3.63) is 0 Å². The Morgan fingerprint density at radius 2 is 2.09 bits per heavy atom. The van der Waals surface area contributed by atoms with Crippen molar-refractivity contribution in [1.82, 2.24) is 4.90 Å². The summed E-state index contributed by atoms with van der Waals surface area (Å²) in [6, 6.07) is 2.07. The maximum Gasteiger partial charge on any atom is 0.101 e. The lowest BCUT2D eigenvalue weighted by molar-refractivity contribution is 0.374. The highest BCUT2D eigenvalue weighted by Gasteiger charge is 2.15. The highest BCUT2D eigenvalue weighted by Crippen LogP contribution is 2.06. The molecule has 0 aliphatic heterocycles. The first-order chi connectivity index (χ1) is 4.98. The molecular weight excluding hydrogens is 138 g/mol. The second-order valence-corrected chi connectivity index (χ2v) is 3.44. The van der Waals surface area contributed by atoms with Gasteiger partial charge in [0.1, 0.15) is 5.54 Å². The van der Waals surface area contributed by atoms with Crippen LogP contribution in [0.3, 0.4) is 0 Å². The Balaban J connectivity index is 3.48. The Bertz CT molecular complexity index is 144. The van der Waals surface area contributed by atoms with Gasteiger partial charge < -0.3 is 10.6 Å². The summed E-state index contributed by atoms with van der Waals surface area (Å²) in [7, 11) is 4.03. The molecule has 0 saturated carbocycles. The van der Waals surface area contributed by atoms with E-state index in [1.807, 2.05) is 14.1 Å². The van der Waals surface area contributed by atoms with E-state index < -0.39 is 5.54 Å². The molecule has 0 aromatic rings. The predicted octanol–water partition coefficient (Wildman–Crippen LogP) is 0.569. The van der Waals surface area contributed by atoms with Crippen LogP contribution in [-0.2, 0) is 0 Å². The van der Waals surface area contributed by atoms with Crippen LogP contribution in [0.15, 0.2) is 0 Å². The van der Waals surface area contributed by atoms with E-state index in [9.17, 15) is 0 Å². The molecule has 0 rings (SSSR count). The molecule has 0 amide bonds. The number of nitriles is 1. The zero-order valence-electron chi connectivity index (χ0n) is 7.59. The molecule has 2 N–H and O–H groups in total. The first-order valence-corrected chi connectivity index (χ1v) is 3.83. The zero-order chi connectivity index (χ0) is 8.91. The van der Waals surface area contributed by atoms with Crippen molar-refractivity contribution in [3.63, 3.8) is 0 Å². The van der Waals surface area contributed by atoms with Gasteiger partial charge in [0.25, 0.3) is 0 Å². The quantitative estimate of drug-likeness (QED) is 0.645. The second kappa shape index (κ2) is 4.32. The Morgan fingerprint density at radius 1 is 1.55 bits per heavy atom. The van der Waals surface area contributed by atoms with Gasteiger partial charge in [-0.1, -0.05) is 0 Å². The molecule has 1 atom stereocenters. The van der Waals surface area contributed by atoms with Gasteiger partial charge in [-0.3, -0.25) is 0 Å². The third-order valence-electron chi connectivity index (χ3n) is 1.56. The van der Waals surface area contributed by atoms with E-state index in [-0.39, 0.29) is 0 Å². The summed E-state index contributed by atoms with van der Waals surface area (Å²) in [6.07, 6.45) is 1.75. The van der Waals surface area contributed by atoms with Crippen molar-refractivity contribution in [2.75, 3.05) is 20.6 Å². The lowest BCUT2D eigenvalue weighted by Gasteiger charge is -2.16. The number of hydrogen-bond donors (Lipinski definition) is 1. The van der Waals surface area contributed by atoms with E-state index >= 15 is 0 Å². The fourth-order valence-corrected chi connectivity index (χ4v) is 0.818. The largest absolute Gasteiger partial charge is 0.314 e. The van der Waals surface area contributed by atoms with Crippen molar-refractivity contribution in [3.8, 4) is 6.07 Å². The maximum absolute atomic E-state index is 8.57. The minimum Gasteiger partial charge on any atom is -0.314 e. The van der Waals surface area contributed by atoms with E-state index in [2.05, 4.69) is 11.0 Å². The van der Waals surface area contributed by atoms with E-state index in [0.29, 0.717) is 0 Å². The van der Waals surface area contributed by atoms with Crippen LogP contribution in [0.1, 0.15) is 19.8 Å². The molecule has 0 radical (unpaired) electrons. The zero-order valence-corrected chi connectivity index (χ0v) is 7.59. The Morgan fingerprint density at radius 3 is 2.45 bits per heavy atom. The summed E-state index contributed by atoms with van der Waals surface area (Å²) in [6.45, 7) is 2.76. The number of hydrogen-bond acceptors (Lipinski definition) is 3. The average Bonchev–Trinajstić information content (AvgIpc) is 1.87. The normalized spacial score (nSPS) is 16.0. The summed E-state index contributed by atoms with van der Waals surface area (Å²) in [5.74, 6) is 0. The van der Waals surface area contributed by atoms with E-state index in [1.165, 1.54) is 0 Å². The van der Waals surface area contributed by atoms with Crippen LogP contribution < -0.4 is 5.73 Å². The molecule has 0 aliphatic carbocycles. The van der Waals surface area contributed by atoms with Gasteiger partial charge in [-0.2, -0.15) is 5.26 Å². The smallest absolute Gasteiger partial charge is 0.101 e. The van der Waals surface area contributed by atoms with E-state index in [4.69, 9.17) is 11.0 Å². The SMILES string of the molecule is CN(C)CCCC(C)(N)C#N. The molecule has 1 unspecified atom stereocenters. The molecule has 3 heteroatoms. The van der Waals surface area contributed by atoms with Gasteiger partial charge in [-0.05, 0) is 40.4 Å². The van der Waals surface area contributed by atoms with Crippen molar-refractivity contribution in [1.29, 1.82) is 5.26 Å². The van der Waals surface area contributed by atoms with Crippen LogP contribution in [0.5, 0.6) is 0 Å². The predicted molar refractivity (Wildman–Crippen MR) is 46.0 cm³/mol. The van der Waals surface area contributed by atoms with Crippen molar-refractivity contribution < 1.29 is 0 Å². The topological polar surface area (TPSA) is 53.0 Å². The molecular formula is C8H17N3. The monoisotopic (exact) mass is 155 g/mol. The lowest BCUT2D eigenvalue weighted by atomic mass is 9.99. The van der Waals surface area contributed by atoms with Crippen LogP contribution in [-0.4, -0.2) is 31.1 Å². The van der Waals surface area contributed by atoms with Gasteiger partial charge in [-0.25, -0.2) is 0 Å². The van der Waals surface area contributed by atoms with Gasteiger partial charge in [-0.15, -0.1) is 0 Å². The molecule has 0 bridgehead atoms. The van der Waals surface area contributed by atoms with Crippen molar-refractivity contribution in [2.45, 2.75) is 25.3 Å². The maximum atomic E-state index is 8.57. The Hall–Kier alpha value is -0.590. The fourth-order valence-electron chi connectivity index (χ4n) is 0.818. The van der Waals surface area contributed by atoms with Gasteiger partial charge in [0.2, 0.25) is 0 Å². The van der Waals surface area contributed by atoms with Crippen LogP contribution >= 0.6 is 0 Å². The summed E-state index contributed by atoms with van der Waals surface area (Å²) >= 11 is 0. The molecule has 11 heavy (non-hydrogen) atoms. The number of nitrogens with two attached hydrogens (primary N) is 1. The van der Waals surface area contributed by atoms with Crippen LogP contribution in [0, 0.1) is 11.3 Å². The lowest BCUT2D eigenvalue weighted by Crippen LogP contribution is -2.34. The molecule has 3 nitrogen and oxygen atoms in total. The number of nitrogens with zero attached hydrogens (tertiary/aromatic N) is 2. The van der Waals surface area contributed by atoms with Crippen LogP contribution in [0.25, 0.3) is 0 Å². The van der Waals surface area contributed by atoms with Crippen LogP contribution in [0.4, 0.5) is 0 Å². The summed E-state index contributed by atoms with van der Waals surface area (Å²) in [5.41, 5.74) is 4.98. The standard InChI is InChI=1S/C8H17N3/c1-8(10,7-9)5-4-6-11(2)3/h4-6,10H2,1-3H3. The summed E-state index contributed by atoms with van der Waals surface area (Å²) < 4.78 is 0. The highest BCUT2D eigenvalue weighted by atomic mass is 15.0. The van der Waals surface area contributed by atoms with Crippen LogP contribution in [0.2, 0.25) is 0 Å². The average molecular weight is 155 g/mol. The second-order valence-electron chi connectivity index (χ2n) is 3.44. The van der Waals surface area contributed by atoms with Gasteiger partial charge in [0.05, 0.1) is 6.07 Å². The third kappa shape index (κ3) is 5.84. The third-order valence-corrected chi connectivity index (χ3v) is 1.56. The van der Waals surface area contributed by atoms with Crippen molar-refractivity contribution >= 4 is 0 Å². The van der Waals surface area contributed by atoms with E-state index in [0.717, 1.165) is 19.4 Å². The molecule has 0 aromatic heterocycles. The minimum absolute atomic E-state index is 0.643. The summed E-state index contributed by atoms with van der Waals surface area (Å²) in [4.78, 5) is 2.09. The molecule has 0 fully saturated rings. The van der Waals surface area contributed by atoms with Gasteiger partial charge in [0.15, 0.2) is 0 Å². The molecule has 0 aromatic carbocycles. The Kier molecular flexibility index (Phi) is 4.09. The first-order valence-electron chi connectivity index (χ1n) is 3.83. The fraction of sp³-hybridized carbons (Fsp3) is 0.875. The number of rotatable bonds is 4. The first kappa shape index (κ1) is 10.4. The minimum atomic E-state index is -0.643. The summed E-state index contributed by atoms with van der Waals surface area (Å²) in [5, 5.41) is 8.57. The Labute approximate surface area is 68.8 Å². The molecule has 64 valence electrons. The molecule has 0 heterocycles.